The Kier molecular flexibility index (Phi) is 4.80. The number of halogens is 2. The minimum atomic E-state index is -0.616. The van der Waals surface area contributed by atoms with Crippen LogP contribution in [0, 0.1) is 10.1 Å². The Labute approximate surface area is 125 Å². The van der Waals surface area contributed by atoms with Gasteiger partial charge in [0.1, 0.15) is 5.56 Å². The maximum atomic E-state index is 12.5. The number of carbonyl (C=O) groups is 1. The summed E-state index contributed by atoms with van der Waals surface area (Å²) in [7, 11) is 0. The van der Waals surface area contributed by atoms with Gasteiger partial charge in [0.05, 0.1) is 29.2 Å². The molecule has 20 heavy (non-hydrogen) atoms. The van der Waals surface area contributed by atoms with Crippen molar-refractivity contribution in [1.82, 2.24) is 4.90 Å². The number of morpholine rings is 1. The van der Waals surface area contributed by atoms with Gasteiger partial charge in [-0.3, -0.25) is 14.9 Å². The Hall–Kier alpha value is -1.37. The zero-order valence-electron chi connectivity index (χ0n) is 10.4. The molecule has 8 heteroatoms. The van der Waals surface area contributed by atoms with E-state index in [9.17, 15) is 14.9 Å². The Balaban J connectivity index is 2.40. The third-order valence-electron chi connectivity index (χ3n) is 3.07. The van der Waals surface area contributed by atoms with Gasteiger partial charge in [-0.2, -0.15) is 0 Å². The second kappa shape index (κ2) is 6.39. The fraction of sp³-hybridized carbons (Fsp3) is 0.417. The molecule has 1 unspecified atom stereocenters. The van der Waals surface area contributed by atoms with Gasteiger partial charge in [-0.15, -0.1) is 11.6 Å². The molecule has 1 aromatic rings. The van der Waals surface area contributed by atoms with E-state index in [1.807, 2.05) is 0 Å². The summed E-state index contributed by atoms with van der Waals surface area (Å²) >= 11 is 11.8. The van der Waals surface area contributed by atoms with Gasteiger partial charge in [-0.05, 0) is 6.07 Å². The molecule has 0 saturated carbocycles. The molecule has 1 aliphatic rings. The molecule has 1 saturated heterocycles. The van der Waals surface area contributed by atoms with E-state index in [0.717, 1.165) is 0 Å². The molecule has 1 fully saturated rings. The number of carbonyl (C=O) groups excluding carboxylic acids is 1. The third kappa shape index (κ3) is 2.87. The number of hydrogen-bond donors (Lipinski definition) is 0. The molecule has 6 nitrogen and oxygen atoms in total. The van der Waals surface area contributed by atoms with Gasteiger partial charge in [0.15, 0.2) is 0 Å². The van der Waals surface area contributed by atoms with Crippen LogP contribution in [0.25, 0.3) is 0 Å². The van der Waals surface area contributed by atoms with Crippen LogP contribution in [-0.2, 0) is 4.74 Å². The van der Waals surface area contributed by atoms with E-state index in [4.69, 9.17) is 27.9 Å². The first-order valence-electron chi connectivity index (χ1n) is 5.94. The summed E-state index contributed by atoms with van der Waals surface area (Å²) < 4.78 is 5.25. The zero-order chi connectivity index (χ0) is 14.7. The van der Waals surface area contributed by atoms with Crippen LogP contribution >= 0.6 is 23.2 Å². The molecule has 0 bridgehead atoms. The second-order valence-corrected chi connectivity index (χ2v) is 4.99. The molecule has 2 rings (SSSR count). The Morgan fingerprint density at radius 2 is 2.30 bits per heavy atom. The Morgan fingerprint density at radius 3 is 2.95 bits per heavy atom. The highest BCUT2D eigenvalue weighted by Crippen LogP contribution is 2.28. The average molecular weight is 319 g/mol. The van der Waals surface area contributed by atoms with Crippen LogP contribution < -0.4 is 0 Å². The number of nitro benzene ring substituents is 1. The van der Waals surface area contributed by atoms with Gasteiger partial charge >= 0.3 is 0 Å². The van der Waals surface area contributed by atoms with Crippen LogP contribution in [0.5, 0.6) is 0 Å². The summed E-state index contributed by atoms with van der Waals surface area (Å²) in [4.78, 5) is 24.4. The molecule has 0 N–H and O–H groups in total. The number of ether oxygens (including phenoxy) is 1. The summed E-state index contributed by atoms with van der Waals surface area (Å²) in [5, 5.41) is 11.1. The molecule has 1 atom stereocenters. The minimum Gasteiger partial charge on any atom is -0.377 e. The Morgan fingerprint density at radius 1 is 1.55 bits per heavy atom. The molecule has 0 spiro atoms. The number of alkyl halides is 1. The highest BCUT2D eigenvalue weighted by atomic mass is 35.5. The minimum absolute atomic E-state index is 0.0593. The van der Waals surface area contributed by atoms with Gasteiger partial charge in [0.25, 0.3) is 11.6 Å². The van der Waals surface area contributed by atoms with E-state index in [1.54, 1.807) is 0 Å². The van der Waals surface area contributed by atoms with Crippen LogP contribution in [0.3, 0.4) is 0 Å². The van der Waals surface area contributed by atoms with Crippen LogP contribution in [0.2, 0.25) is 5.02 Å². The van der Waals surface area contributed by atoms with Crippen molar-refractivity contribution >= 4 is 34.8 Å². The lowest BCUT2D eigenvalue weighted by Crippen LogP contribution is -2.49. The van der Waals surface area contributed by atoms with Crippen molar-refractivity contribution in [3.8, 4) is 0 Å². The highest BCUT2D eigenvalue weighted by molar-refractivity contribution is 6.34. The first-order chi connectivity index (χ1) is 9.56. The molecule has 0 radical (unpaired) electrons. The number of amides is 1. The van der Waals surface area contributed by atoms with E-state index >= 15 is 0 Å². The SMILES string of the molecule is O=C(c1c(Cl)cccc1[N+](=O)[O-])N1CCOCC1CCl. The van der Waals surface area contributed by atoms with Crippen LogP contribution in [0.15, 0.2) is 18.2 Å². The first kappa shape index (κ1) is 15.0. The fourth-order valence-electron chi connectivity index (χ4n) is 2.07. The number of nitro groups is 1. The van der Waals surface area contributed by atoms with Gasteiger partial charge < -0.3 is 9.64 Å². The molecule has 1 aromatic carbocycles. The number of hydrogen-bond acceptors (Lipinski definition) is 4. The molecule has 1 heterocycles. The van der Waals surface area contributed by atoms with Crippen LogP contribution in [0.1, 0.15) is 10.4 Å². The quantitative estimate of drug-likeness (QED) is 0.487. The van der Waals surface area contributed by atoms with Crippen molar-refractivity contribution in [3.63, 3.8) is 0 Å². The molecule has 108 valence electrons. The Bertz CT molecular complexity index is 538. The summed E-state index contributed by atoms with van der Waals surface area (Å²) in [5.41, 5.74) is -0.404. The predicted octanol–water partition coefficient (Wildman–Crippen LogP) is 2.33. The largest absolute Gasteiger partial charge is 0.377 e. The maximum absolute atomic E-state index is 12.5. The molecular weight excluding hydrogens is 307 g/mol. The van der Waals surface area contributed by atoms with Crippen molar-refractivity contribution in [2.24, 2.45) is 0 Å². The second-order valence-electron chi connectivity index (χ2n) is 4.27. The maximum Gasteiger partial charge on any atom is 0.283 e. The lowest BCUT2D eigenvalue weighted by Gasteiger charge is -2.34. The summed E-state index contributed by atoms with van der Waals surface area (Å²) in [6, 6.07) is 3.84. The highest BCUT2D eigenvalue weighted by Gasteiger charge is 2.32. The zero-order valence-corrected chi connectivity index (χ0v) is 11.9. The smallest absolute Gasteiger partial charge is 0.283 e. The number of nitrogens with zero attached hydrogens (tertiary/aromatic N) is 2. The van der Waals surface area contributed by atoms with E-state index in [0.29, 0.717) is 19.8 Å². The van der Waals surface area contributed by atoms with Crippen molar-refractivity contribution < 1.29 is 14.5 Å². The van der Waals surface area contributed by atoms with Crippen molar-refractivity contribution in [3.05, 3.63) is 38.9 Å². The lowest BCUT2D eigenvalue weighted by molar-refractivity contribution is -0.385. The van der Waals surface area contributed by atoms with E-state index in [2.05, 4.69) is 0 Å². The fourth-order valence-corrected chi connectivity index (χ4v) is 2.58. The molecule has 1 aliphatic heterocycles. The monoisotopic (exact) mass is 318 g/mol. The lowest BCUT2D eigenvalue weighted by atomic mass is 10.1. The first-order valence-corrected chi connectivity index (χ1v) is 6.85. The molecule has 1 amide bonds. The summed E-state index contributed by atoms with van der Waals surface area (Å²) in [5.74, 6) is -0.291. The standard InChI is InChI=1S/C12H12Cl2N2O4/c13-6-8-7-20-5-4-15(8)12(17)11-9(14)2-1-3-10(11)16(18)19/h1-3,8H,4-7H2. The van der Waals surface area contributed by atoms with Gasteiger partial charge in [0, 0.05) is 18.5 Å². The van der Waals surface area contributed by atoms with Gasteiger partial charge in [-0.1, -0.05) is 17.7 Å². The van der Waals surface area contributed by atoms with E-state index in [-0.39, 0.29) is 28.2 Å². The van der Waals surface area contributed by atoms with Crippen molar-refractivity contribution in [2.45, 2.75) is 6.04 Å². The number of rotatable bonds is 3. The van der Waals surface area contributed by atoms with Crippen molar-refractivity contribution in [1.29, 1.82) is 0 Å². The topological polar surface area (TPSA) is 72.7 Å². The van der Waals surface area contributed by atoms with Gasteiger partial charge in [-0.25, -0.2) is 0 Å². The van der Waals surface area contributed by atoms with E-state index < -0.39 is 10.8 Å². The van der Waals surface area contributed by atoms with Crippen LogP contribution in [-0.4, -0.2) is 47.4 Å². The number of benzene rings is 1. The van der Waals surface area contributed by atoms with Gasteiger partial charge in [0.2, 0.25) is 0 Å². The predicted molar refractivity (Wildman–Crippen MR) is 74.5 cm³/mol. The van der Waals surface area contributed by atoms with Crippen molar-refractivity contribution in [2.75, 3.05) is 25.6 Å². The average Bonchev–Trinajstić information content (AvgIpc) is 2.46. The summed E-state index contributed by atoms with van der Waals surface area (Å²) in [6.45, 7) is 1.02. The van der Waals surface area contributed by atoms with Crippen LogP contribution in [0.4, 0.5) is 5.69 Å². The molecule has 0 aromatic heterocycles. The third-order valence-corrected chi connectivity index (χ3v) is 3.74. The molecule has 0 aliphatic carbocycles. The molecular formula is C12H12Cl2N2O4. The normalized spacial score (nSPS) is 18.9. The summed E-state index contributed by atoms with van der Waals surface area (Å²) in [6.07, 6.45) is 0. The van der Waals surface area contributed by atoms with E-state index in [1.165, 1.54) is 23.1 Å².